The number of nitrogen functional groups attached to an aromatic ring is 1. The summed E-state index contributed by atoms with van der Waals surface area (Å²) < 4.78 is 39.0. The van der Waals surface area contributed by atoms with Crippen LogP contribution in [0.1, 0.15) is 16.1 Å². The number of halogens is 3. The van der Waals surface area contributed by atoms with Gasteiger partial charge in [0, 0.05) is 11.4 Å². The number of amides is 1. The zero-order valence-electron chi connectivity index (χ0n) is 10.9. The van der Waals surface area contributed by atoms with Crippen molar-refractivity contribution in [1.82, 2.24) is 9.97 Å². The zero-order valence-corrected chi connectivity index (χ0v) is 11.7. The summed E-state index contributed by atoms with van der Waals surface area (Å²) in [6, 6.07) is 4.48. The Kier molecular flexibility index (Phi) is 3.28. The molecule has 0 saturated heterocycles. The van der Waals surface area contributed by atoms with E-state index in [-0.39, 0.29) is 17.1 Å². The molecule has 5 nitrogen and oxygen atoms in total. The summed E-state index contributed by atoms with van der Waals surface area (Å²) in [7, 11) is 0. The molecule has 0 radical (unpaired) electrons. The van der Waals surface area contributed by atoms with Crippen LogP contribution in [0.4, 0.5) is 24.5 Å². The highest BCUT2D eigenvalue weighted by atomic mass is 32.1. The van der Waals surface area contributed by atoms with Crippen LogP contribution in [-0.4, -0.2) is 15.9 Å². The minimum atomic E-state index is -4.53. The lowest BCUT2D eigenvalue weighted by Crippen LogP contribution is -2.14. The summed E-state index contributed by atoms with van der Waals surface area (Å²) in [6.07, 6.45) is -4.53. The van der Waals surface area contributed by atoms with Crippen molar-refractivity contribution in [2.24, 2.45) is 0 Å². The number of anilines is 2. The average molecular weight is 326 g/mol. The van der Waals surface area contributed by atoms with Gasteiger partial charge in [0.25, 0.3) is 5.91 Å². The van der Waals surface area contributed by atoms with E-state index in [1.807, 2.05) is 0 Å². The lowest BCUT2D eigenvalue weighted by Gasteiger charge is -2.11. The number of hydrogen-bond donors (Lipinski definition) is 3. The summed E-state index contributed by atoms with van der Waals surface area (Å²) in [5.74, 6) is -0.566. The van der Waals surface area contributed by atoms with Gasteiger partial charge in [-0.15, -0.1) is 11.3 Å². The fourth-order valence-corrected chi connectivity index (χ4v) is 2.63. The fourth-order valence-electron chi connectivity index (χ4n) is 1.95. The Bertz CT molecular complexity index is 824. The number of nitrogens with two attached hydrogens (primary N) is 1. The van der Waals surface area contributed by atoms with Crippen LogP contribution in [0.25, 0.3) is 10.3 Å². The molecular weight excluding hydrogens is 317 g/mol. The first-order valence-corrected chi connectivity index (χ1v) is 6.92. The molecule has 114 valence electrons. The molecule has 0 unspecified atom stereocenters. The number of hydrogen-bond acceptors (Lipinski definition) is 4. The van der Waals surface area contributed by atoms with Crippen molar-refractivity contribution in [2.45, 2.75) is 6.18 Å². The molecule has 1 amide bonds. The number of fused-ring (bicyclic) bond motifs is 1. The van der Waals surface area contributed by atoms with Gasteiger partial charge in [0.1, 0.15) is 11.3 Å². The van der Waals surface area contributed by atoms with Gasteiger partial charge in [-0.25, -0.2) is 4.98 Å². The topological polar surface area (TPSA) is 83.8 Å². The third kappa shape index (κ3) is 2.75. The molecule has 0 aliphatic carbocycles. The van der Waals surface area contributed by atoms with Crippen molar-refractivity contribution >= 4 is 39.0 Å². The predicted octanol–water partition coefficient (Wildman–Crippen LogP) is 3.48. The first-order valence-electron chi connectivity index (χ1n) is 6.04. The molecule has 1 aromatic carbocycles. The normalized spacial score (nSPS) is 11.8. The minimum Gasteiger partial charge on any atom is -0.399 e. The minimum absolute atomic E-state index is 0.0248. The molecular formula is C13H9F3N4OS. The second-order valence-corrected chi connectivity index (χ2v) is 5.43. The standard InChI is InChI=1S/C13H9F3N4OS/c14-13(15,16)6-1-7(17)3-8(2-6)19-12(21)9-4-10-11(20-9)18-5-22-10/h1-5,20H,17H2,(H,19,21). The second kappa shape index (κ2) is 5.02. The Morgan fingerprint density at radius 2 is 2.05 bits per heavy atom. The summed E-state index contributed by atoms with van der Waals surface area (Å²) in [6.45, 7) is 0. The highest BCUT2D eigenvalue weighted by Gasteiger charge is 2.31. The van der Waals surface area contributed by atoms with Crippen molar-refractivity contribution < 1.29 is 18.0 Å². The van der Waals surface area contributed by atoms with Gasteiger partial charge >= 0.3 is 6.18 Å². The molecule has 0 fully saturated rings. The number of alkyl halides is 3. The number of thiazole rings is 1. The number of carbonyl (C=O) groups excluding carboxylic acids is 1. The molecule has 0 aliphatic rings. The molecule has 9 heteroatoms. The highest BCUT2D eigenvalue weighted by molar-refractivity contribution is 7.16. The van der Waals surface area contributed by atoms with Gasteiger partial charge in [-0.2, -0.15) is 13.2 Å². The Morgan fingerprint density at radius 3 is 2.73 bits per heavy atom. The van der Waals surface area contributed by atoms with Crippen molar-refractivity contribution in [2.75, 3.05) is 11.1 Å². The molecule has 2 heterocycles. The molecule has 2 aromatic heterocycles. The van der Waals surface area contributed by atoms with Gasteiger partial charge in [-0.05, 0) is 24.3 Å². The number of aromatic nitrogens is 2. The average Bonchev–Trinajstić information content (AvgIpc) is 2.97. The van der Waals surface area contributed by atoms with Crippen molar-refractivity contribution in [3.05, 3.63) is 41.0 Å². The molecule has 3 aromatic rings. The van der Waals surface area contributed by atoms with Gasteiger partial charge in [-0.3, -0.25) is 4.79 Å². The van der Waals surface area contributed by atoms with Gasteiger partial charge in [0.15, 0.2) is 0 Å². The second-order valence-electron chi connectivity index (χ2n) is 4.54. The Balaban J connectivity index is 1.87. The van der Waals surface area contributed by atoms with Crippen LogP contribution in [0.3, 0.4) is 0 Å². The van der Waals surface area contributed by atoms with Crippen LogP contribution in [0, 0.1) is 0 Å². The van der Waals surface area contributed by atoms with Crippen LogP contribution in [0.5, 0.6) is 0 Å². The van der Waals surface area contributed by atoms with E-state index in [1.165, 1.54) is 17.4 Å². The van der Waals surface area contributed by atoms with Crippen LogP contribution < -0.4 is 11.1 Å². The van der Waals surface area contributed by atoms with E-state index < -0.39 is 17.6 Å². The van der Waals surface area contributed by atoms with Crippen LogP contribution in [-0.2, 0) is 6.18 Å². The molecule has 0 bridgehead atoms. The van der Waals surface area contributed by atoms with Gasteiger partial charge < -0.3 is 16.0 Å². The zero-order chi connectivity index (χ0) is 15.9. The van der Waals surface area contributed by atoms with E-state index in [1.54, 1.807) is 11.6 Å². The van der Waals surface area contributed by atoms with E-state index in [0.29, 0.717) is 5.65 Å². The number of benzene rings is 1. The Morgan fingerprint density at radius 1 is 1.27 bits per heavy atom. The highest BCUT2D eigenvalue weighted by Crippen LogP contribution is 2.32. The van der Waals surface area contributed by atoms with E-state index in [9.17, 15) is 18.0 Å². The maximum Gasteiger partial charge on any atom is 0.416 e. The van der Waals surface area contributed by atoms with Gasteiger partial charge in [-0.1, -0.05) is 0 Å². The summed E-state index contributed by atoms with van der Waals surface area (Å²) in [5, 5.41) is 2.39. The SMILES string of the molecule is Nc1cc(NC(=O)c2cc3scnc3[nH]2)cc(C(F)(F)F)c1. The Labute approximate surface area is 126 Å². The monoisotopic (exact) mass is 326 g/mol. The predicted molar refractivity (Wildman–Crippen MR) is 77.8 cm³/mol. The van der Waals surface area contributed by atoms with Crippen LogP contribution in [0.15, 0.2) is 29.8 Å². The number of nitrogens with zero attached hydrogens (tertiary/aromatic N) is 1. The summed E-state index contributed by atoms with van der Waals surface area (Å²) in [5.41, 5.74) is 6.81. The van der Waals surface area contributed by atoms with Crippen LogP contribution >= 0.6 is 11.3 Å². The first kappa shape index (κ1) is 14.4. The number of aromatic amines is 1. The van der Waals surface area contributed by atoms with E-state index >= 15 is 0 Å². The molecule has 0 aliphatic heterocycles. The van der Waals surface area contributed by atoms with Gasteiger partial charge in [0.05, 0.1) is 15.8 Å². The lowest BCUT2D eigenvalue weighted by molar-refractivity contribution is -0.137. The fraction of sp³-hybridized carbons (Fsp3) is 0.0769. The number of H-pyrrole nitrogens is 1. The molecule has 3 rings (SSSR count). The van der Waals surface area contributed by atoms with Crippen LogP contribution in [0.2, 0.25) is 0 Å². The third-order valence-corrected chi connectivity index (χ3v) is 3.68. The molecule has 0 spiro atoms. The van der Waals surface area contributed by atoms with Crippen molar-refractivity contribution in [1.29, 1.82) is 0 Å². The maximum absolute atomic E-state index is 12.7. The van der Waals surface area contributed by atoms with Gasteiger partial charge in [0.2, 0.25) is 0 Å². The molecule has 22 heavy (non-hydrogen) atoms. The number of nitrogens with one attached hydrogen (secondary N) is 2. The first-order chi connectivity index (χ1) is 10.3. The third-order valence-electron chi connectivity index (χ3n) is 2.91. The van der Waals surface area contributed by atoms with Crippen molar-refractivity contribution in [3.8, 4) is 0 Å². The smallest absolute Gasteiger partial charge is 0.399 e. The number of rotatable bonds is 2. The summed E-state index contributed by atoms with van der Waals surface area (Å²) >= 11 is 1.35. The van der Waals surface area contributed by atoms with E-state index in [2.05, 4.69) is 15.3 Å². The summed E-state index contributed by atoms with van der Waals surface area (Å²) in [4.78, 5) is 18.9. The maximum atomic E-state index is 12.7. The quantitative estimate of drug-likeness (QED) is 0.630. The molecule has 4 N–H and O–H groups in total. The van der Waals surface area contributed by atoms with Crippen molar-refractivity contribution in [3.63, 3.8) is 0 Å². The van der Waals surface area contributed by atoms with E-state index in [4.69, 9.17) is 5.73 Å². The number of carbonyl (C=O) groups is 1. The largest absolute Gasteiger partial charge is 0.416 e. The Hall–Kier alpha value is -2.55. The molecule has 0 atom stereocenters. The molecule has 0 saturated carbocycles. The lowest BCUT2D eigenvalue weighted by atomic mass is 10.1. The van der Waals surface area contributed by atoms with E-state index in [0.717, 1.165) is 16.8 Å².